The number of piperazine rings is 1. The quantitative estimate of drug-likeness (QED) is 0.716. The molecule has 0 radical (unpaired) electrons. The summed E-state index contributed by atoms with van der Waals surface area (Å²) in [5, 5.41) is 5.19. The van der Waals surface area contributed by atoms with Crippen molar-refractivity contribution in [1.29, 1.82) is 0 Å². The monoisotopic (exact) mass is 290 g/mol. The third-order valence-corrected chi connectivity index (χ3v) is 3.76. The molecule has 3 rings (SSSR count). The Kier molecular flexibility index (Phi) is 3.70. The summed E-state index contributed by atoms with van der Waals surface area (Å²) in [7, 11) is 3.28. The standard InChI is InChI=1S/C13H18N6O2/c1-17-12-10(7-16-17)13(15-9-14-12)19-5-3-18(4-6-19)8-11(20)21-2/h7,9H,3-6,8H2,1-2H3. The first kappa shape index (κ1) is 13.7. The molecule has 0 aliphatic carbocycles. The van der Waals surface area contributed by atoms with Crippen LogP contribution in [0.2, 0.25) is 0 Å². The molecule has 0 bridgehead atoms. The van der Waals surface area contributed by atoms with Crippen molar-refractivity contribution >= 4 is 22.8 Å². The fourth-order valence-electron chi connectivity index (χ4n) is 2.57. The minimum absolute atomic E-state index is 0.194. The van der Waals surface area contributed by atoms with Crippen molar-refractivity contribution in [2.24, 2.45) is 7.05 Å². The van der Waals surface area contributed by atoms with Gasteiger partial charge in [-0.1, -0.05) is 0 Å². The maximum absolute atomic E-state index is 11.3. The molecule has 8 heteroatoms. The molecule has 1 fully saturated rings. The highest BCUT2D eigenvalue weighted by Crippen LogP contribution is 2.22. The number of ether oxygens (including phenoxy) is 1. The minimum Gasteiger partial charge on any atom is -0.468 e. The molecular formula is C13H18N6O2. The van der Waals surface area contributed by atoms with E-state index in [4.69, 9.17) is 4.74 Å². The van der Waals surface area contributed by atoms with E-state index in [1.165, 1.54) is 7.11 Å². The normalized spacial score (nSPS) is 16.4. The van der Waals surface area contributed by atoms with Crippen LogP contribution in [0.4, 0.5) is 5.82 Å². The van der Waals surface area contributed by atoms with Crippen LogP contribution in [0.3, 0.4) is 0 Å². The summed E-state index contributed by atoms with van der Waals surface area (Å²) in [5.41, 5.74) is 0.831. The molecule has 1 aliphatic heterocycles. The van der Waals surface area contributed by atoms with Crippen molar-refractivity contribution in [3.63, 3.8) is 0 Å². The van der Waals surface area contributed by atoms with Crippen LogP contribution in [0.15, 0.2) is 12.5 Å². The largest absolute Gasteiger partial charge is 0.468 e. The lowest BCUT2D eigenvalue weighted by atomic mass is 10.3. The van der Waals surface area contributed by atoms with E-state index in [0.29, 0.717) is 6.54 Å². The molecule has 3 heterocycles. The van der Waals surface area contributed by atoms with Gasteiger partial charge in [-0.15, -0.1) is 0 Å². The Hall–Kier alpha value is -2.22. The maximum atomic E-state index is 11.3. The Morgan fingerprint density at radius 2 is 2.05 bits per heavy atom. The highest BCUT2D eigenvalue weighted by atomic mass is 16.5. The van der Waals surface area contributed by atoms with Gasteiger partial charge in [0.05, 0.1) is 25.2 Å². The molecule has 0 amide bonds. The van der Waals surface area contributed by atoms with Gasteiger partial charge in [-0.3, -0.25) is 14.4 Å². The van der Waals surface area contributed by atoms with Gasteiger partial charge in [-0.05, 0) is 0 Å². The van der Waals surface area contributed by atoms with Crippen molar-refractivity contribution in [2.75, 3.05) is 44.7 Å². The molecule has 0 aromatic carbocycles. The van der Waals surface area contributed by atoms with Crippen LogP contribution in [-0.2, 0) is 16.6 Å². The Balaban J connectivity index is 1.72. The molecular weight excluding hydrogens is 272 g/mol. The fraction of sp³-hybridized carbons (Fsp3) is 0.538. The van der Waals surface area contributed by atoms with E-state index >= 15 is 0 Å². The number of aryl methyl sites for hydroxylation is 1. The highest BCUT2D eigenvalue weighted by molar-refractivity contribution is 5.86. The van der Waals surface area contributed by atoms with E-state index in [1.54, 1.807) is 17.2 Å². The number of methoxy groups -OCH3 is 1. The van der Waals surface area contributed by atoms with Crippen molar-refractivity contribution in [2.45, 2.75) is 0 Å². The summed E-state index contributed by atoms with van der Waals surface area (Å²) in [6.07, 6.45) is 3.37. The van der Waals surface area contributed by atoms with E-state index in [-0.39, 0.29) is 5.97 Å². The van der Waals surface area contributed by atoms with Crippen LogP contribution in [0, 0.1) is 0 Å². The number of anilines is 1. The molecule has 1 aliphatic rings. The molecule has 0 unspecified atom stereocenters. The second kappa shape index (κ2) is 5.65. The van der Waals surface area contributed by atoms with Gasteiger partial charge in [-0.2, -0.15) is 5.10 Å². The summed E-state index contributed by atoms with van der Waals surface area (Å²) in [5.74, 6) is 0.714. The summed E-state index contributed by atoms with van der Waals surface area (Å²) in [6.45, 7) is 3.59. The average Bonchev–Trinajstić information content (AvgIpc) is 2.90. The first-order valence-corrected chi connectivity index (χ1v) is 6.86. The summed E-state index contributed by atoms with van der Waals surface area (Å²) < 4.78 is 6.44. The number of aromatic nitrogens is 4. The van der Waals surface area contributed by atoms with Gasteiger partial charge in [-0.25, -0.2) is 9.97 Å². The number of esters is 1. The second-order valence-corrected chi connectivity index (χ2v) is 5.04. The molecule has 2 aromatic heterocycles. The number of carbonyl (C=O) groups excluding carboxylic acids is 1. The lowest BCUT2D eigenvalue weighted by molar-refractivity contribution is -0.142. The van der Waals surface area contributed by atoms with Crippen LogP contribution in [-0.4, -0.2) is 70.5 Å². The van der Waals surface area contributed by atoms with Crippen LogP contribution >= 0.6 is 0 Å². The molecule has 21 heavy (non-hydrogen) atoms. The Morgan fingerprint density at radius 3 is 2.76 bits per heavy atom. The van der Waals surface area contributed by atoms with Crippen LogP contribution < -0.4 is 4.90 Å². The number of nitrogens with zero attached hydrogens (tertiary/aromatic N) is 6. The first-order chi connectivity index (χ1) is 10.2. The lowest BCUT2D eigenvalue weighted by Crippen LogP contribution is -2.48. The van der Waals surface area contributed by atoms with Crippen LogP contribution in [0.1, 0.15) is 0 Å². The molecule has 112 valence electrons. The number of hydrogen-bond acceptors (Lipinski definition) is 7. The van der Waals surface area contributed by atoms with Crippen molar-refractivity contribution in [3.05, 3.63) is 12.5 Å². The highest BCUT2D eigenvalue weighted by Gasteiger charge is 2.22. The van der Waals surface area contributed by atoms with Crippen molar-refractivity contribution in [3.8, 4) is 0 Å². The Bertz CT molecular complexity index is 647. The summed E-state index contributed by atoms with van der Waals surface area (Å²) >= 11 is 0. The number of carbonyl (C=O) groups is 1. The molecule has 2 aromatic rings. The minimum atomic E-state index is -0.194. The summed E-state index contributed by atoms with van der Waals surface area (Å²) in [4.78, 5) is 24.2. The second-order valence-electron chi connectivity index (χ2n) is 5.04. The molecule has 0 atom stereocenters. The molecule has 0 N–H and O–H groups in total. The van der Waals surface area contributed by atoms with E-state index in [0.717, 1.165) is 43.0 Å². The zero-order valence-corrected chi connectivity index (χ0v) is 12.2. The van der Waals surface area contributed by atoms with Gasteiger partial charge in [0, 0.05) is 33.2 Å². The van der Waals surface area contributed by atoms with Gasteiger partial charge in [0.1, 0.15) is 12.1 Å². The number of fused-ring (bicyclic) bond motifs is 1. The van der Waals surface area contributed by atoms with Crippen molar-refractivity contribution in [1.82, 2.24) is 24.6 Å². The maximum Gasteiger partial charge on any atom is 0.319 e. The predicted molar refractivity (Wildman–Crippen MR) is 77.0 cm³/mol. The van der Waals surface area contributed by atoms with Gasteiger partial charge in [0.2, 0.25) is 0 Å². The van der Waals surface area contributed by atoms with Gasteiger partial charge >= 0.3 is 5.97 Å². The van der Waals surface area contributed by atoms with Crippen LogP contribution in [0.25, 0.3) is 11.0 Å². The van der Waals surface area contributed by atoms with Crippen LogP contribution in [0.5, 0.6) is 0 Å². The third-order valence-electron chi connectivity index (χ3n) is 3.76. The Labute approximate surface area is 122 Å². The van der Waals surface area contributed by atoms with Crippen molar-refractivity contribution < 1.29 is 9.53 Å². The zero-order valence-electron chi connectivity index (χ0n) is 12.2. The lowest BCUT2D eigenvalue weighted by Gasteiger charge is -2.34. The first-order valence-electron chi connectivity index (χ1n) is 6.86. The SMILES string of the molecule is COC(=O)CN1CCN(c2ncnc3c2cnn3C)CC1. The molecule has 0 saturated carbocycles. The van der Waals surface area contributed by atoms with E-state index in [2.05, 4.69) is 24.9 Å². The topological polar surface area (TPSA) is 76.4 Å². The van der Waals surface area contributed by atoms with E-state index < -0.39 is 0 Å². The summed E-state index contributed by atoms with van der Waals surface area (Å²) in [6, 6.07) is 0. The number of hydrogen-bond donors (Lipinski definition) is 0. The predicted octanol–water partition coefficient (Wildman–Crippen LogP) is -0.342. The zero-order chi connectivity index (χ0) is 14.8. The van der Waals surface area contributed by atoms with Gasteiger partial charge in [0.15, 0.2) is 5.65 Å². The van der Waals surface area contributed by atoms with Gasteiger partial charge < -0.3 is 9.64 Å². The fourth-order valence-corrected chi connectivity index (χ4v) is 2.57. The average molecular weight is 290 g/mol. The molecule has 1 saturated heterocycles. The van der Waals surface area contributed by atoms with Gasteiger partial charge in [0.25, 0.3) is 0 Å². The number of rotatable bonds is 3. The van der Waals surface area contributed by atoms with E-state index in [9.17, 15) is 4.79 Å². The van der Waals surface area contributed by atoms with E-state index in [1.807, 2.05) is 7.05 Å². The molecule has 8 nitrogen and oxygen atoms in total. The Morgan fingerprint density at radius 1 is 1.29 bits per heavy atom. The molecule has 0 spiro atoms. The third kappa shape index (κ3) is 2.66. The smallest absolute Gasteiger partial charge is 0.319 e.